The molecule has 0 unspecified atom stereocenters. The first kappa shape index (κ1) is 10.8. The van der Waals surface area contributed by atoms with E-state index in [1.807, 2.05) is 40.5 Å². The molecule has 0 aliphatic heterocycles. The number of hydrogen-bond acceptors (Lipinski definition) is 3. The predicted molar refractivity (Wildman–Crippen MR) is 70.2 cm³/mol. The molecule has 0 aromatic carbocycles. The van der Waals surface area contributed by atoms with Crippen molar-refractivity contribution in [3.63, 3.8) is 0 Å². The zero-order chi connectivity index (χ0) is 12.4. The number of thiophene rings is 1. The molecular formula is C12H10N4OS. The van der Waals surface area contributed by atoms with Gasteiger partial charge in [-0.1, -0.05) is 0 Å². The van der Waals surface area contributed by atoms with Gasteiger partial charge in [0.1, 0.15) is 4.88 Å². The SMILES string of the molecule is O=C(Nc1cn[nH]c1)c1sccc1-n1cccc1. The summed E-state index contributed by atoms with van der Waals surface area (Å²) in [5.41, 5.74) is 1.54. The molecule has 0 spiro atoms. The molecule has 18 heavy (non-hydrogen) atoms. The van der Waals surface area contributed by atoms with E-state index in [9.17, 15) is 4.79 Å². The molecule has 2 N–H and O–H groups in total. The molecule has 3 heterocycles. The first-order chi connectivity index (χ1) is 8.84. The number of nitrogens with zero attached hydrogens (tertiary/aromatic N) is 2. The van der Waals surface area contributed by atoms with Crippen LogP contribution < -0.4 is 5.32 Å². The van der Waals surface area contributed by atoms with Crippen LogP contribution in [0, 0.1) is 0 Å². The van der Waals surface area contributed by atoms with Gasteiger partial charge in [0, 0.05) is 18.6 Å². The van der Waals surface area contributed by atoms with E-state index < -0.39 is 0 Å². The molecule has 1 amide bonds. The van der Waals surface area contributed by atoms with Crippen LogP contribution in [-0.4, -0.2) is 20.7 Å². The van der Waals surface area contributed by atoms with E-state index in [0.29, 0.717) is 10.6 Å². The van der Waals surface area contributed by atoms with E-state index in [0.717, 1.165) is 5.69 Å². The van der Waals surface area contributed by atoms with Crippen LogP contribution in [0.15, 0.2) is 48.4 Å². The number of carbonyl (C=O) groups excluding carboxylic acids is 1. The van der Waals surface area contributed by atoms with Crippen LogP contribution >= 0.6 is 11.3 Å². The van der Waals surface area contributed by atoms with Crippen LogP contribution in [0.2, 0.25) is 0 Å². The number of hydrogen-bond donors (Lipinski definition) is 2. The van der Waals surface area contributed by atoms with Gasteiger partial charge in [0.2, 0.25) is 0 Å². The highest BCUT2D eigenvalue weighted by Gasteiger charge is 2.14. The van der Waals surface area contributed by atoms with E-state index in [1.165, 1.54) is 11.3 Å². The highest BCUT2D eigenvalue weighted by atomic mass is 32.1. The Labute approximate surface area is 107 Å². The Kier molecular flexibility index (Phi) is 2.70. The van der Waals surface area contributed by atoms with Crippen molar-refractivity contribution in [1.29, 1.82) is 0 Å². The zero-order valence-electron chi connectivity index (χ0n) is 9.33. The molecule has 3 aromatic rings. The van der Waals surface area contributed by atoms with Crippen molar-refractivity contribution in [2.45, 2.75) is 0 Å². The molecule has 0 bridgehead atoms. The maximum atomic E-state index is 12.1. The minimum atomic E-state index is -0.130. The summed E-state index contributed by atoms with van der Waals surface area (Å²) in [5.74, 6) is -0.130. The van der Waals surface area contributed by atoms with E-state index in [-0.39, 0.29) is 5.91 Å². The molecular weight excluding hydrogens is 248 g/mol. The van der Waals surface area contributed by atoms with Crippen molar-refractivity contribution in [2.24, 2.45) is 0 Å². The Morgan fingerprint density at radius 2 is 2.22 bits per heavy atom. The first-order valence-corrected chi connectivity index (χ1v) is 6.23. The maximum absolute atomic E-state index is 12.1. The number of anilines is 1. The third-order valence-corrected chi connectivity index (χ3v) is 3.39. The third-order valence-electron chi connectivity index (χ3n) is 2.49. The molecule has 0 radical (unpaired) electrons. The van der Waals surface area contributed by atoms with Crippen LogP contribution in [0.5, 0.6) is 0 Å². The van der Waals surface area contributed by atoms with Gasteiger partial charge in [0.15, 0.2) is 0 Å². The van der Waals surface area contributed by atoms with Crippen molar-refractivity contribution in [2.75, 3.05) is 5.32 Å². The Morgan fingerprint density at radius 1 is 1.39 bits per heavy atom. The third kappa shape index (κ3) is 1.93. The van der Waals surface area contributed by atoms with Gasteiger partial charge in [-0.3, -0.25) is 9.89 Å². The lowest BCUT2D eigenvalue weighted by Crippen LogP contribution is -2.12. The lowest BCUT2D eigenvalue weighted by atomic mass is 10.3. The van der Waals surface area contributed by atoms with Crippen LogP contribution in [0.25, 0.3) is 5.69 Å². The van der Waals surface area contributed by atoms with Gasteiger partial charge in [-0.15, -0.1) is 11.3 Å². The molecule has 6 heteroatoms. The second-order valence-electron chi connectivity index (χ2n) is 3.67. The highest BCUT2D eigenvalue weighted by Crippen LogP contribution is 2.22. The summed E-state index contributed by atoms with van der Waals surface area (Å²) in [5, 5.41) is 11.1. The lowest BCUT2D eigenvalue weighted by molar-refractivity contribution is 0.103. The Bertz CT molecular complexity index is 639. The molecule has 5 nitrogen and oxygen atoms in total. The number of nitrogens with one attached hydrogen (secondary N) is 2. The average molecular weight is 258 g/mol. The quantitative estimate of drug-likeness (QED) is 0.758. The van der Waals surface area contributed by atoms with Gasteiger partial charge >= 0.3 is 0 Å². The Morgan fingerprint density at radius 3 is 2.94 bits per heavy atom. The maximum Gasteiger partial charge on any atom is 0.267 e. The fourth-order valence-electron chi connectivity index (χ4n) is 1.68. The molecule has 0 fully saturated rings. The van der Waals surface area contributed by atoms with E-state index in [1.54, 1.807) is 12.4 Å². The highest BCUT2D eigenvalue weighted by molar-refractivity contribution is 7.12. The fourth-order valence-corrected chi connectivity index (χ4v) is 2.46. The molecule has 3 aromatic heterocycles. The summed E-state index contributed by atoms with van der Waals surface area (Å²) in [4.78, 5) is 12.8. The van der Waals surface area contributed by atoms with Crippen molar-refractivity contribution in [3.05, 3.63) is 53.2 Å². The zero-order valence-corrected chi connectivity index (χ0v) is 10.1. The van der Waals surface area contributed by atoms with Gasteiger partial charge < -0.3 is 9.88 Å². The number of H-pyrrole nitrogens is 1. The molecule has 0 saturated heterocycles. The van der Waals surface area contributed by atoms with Crippen molar-refractivity contribution < 1.29 is 4.79 Å². The first-order valence-electron chi connectivity index (χ1n) is 5.35. The lowest BCUT2D eigenvalue weighted by Gasteiger charge is -2.05. The van der Waals surface area contributed by atoms with Gasteiger partial charge in [-0.25, -0.2) is 0 Å². The molecule has 0 saturated carbocycles. The summed E-state index contributed by atoms with van der Waals surface area (Å²) in [6.07, 6.45) is 7.04. The number of carbonyl (C=O) groups is 1. The smallest absolute Gasteiger partial charge is 0.267 e. The van der Waals surface area contributed by atoms with Crippen LogP contribution in [0.1, 0.15) is 9.67 Å². The molecule has 90 valence electrons. The van der Waals surface area contributed by atoms with Crippen LogP contribution in [0.3, 0.4) is 0 Å². The van der Waals surface area contributed by atoms with Crippen LogP contribution in [-0.2, 0) is 0 Å². The van der Waals surface area contributed by atoms with Crippen LogP contribution in [0.4, 0.5) is 5.69 Å². The van der Waals surface area contributed by atoms with Gasteiger partial charge in [0.05, 0.1) is 17.6 Å². The predicted octanol–water partition coefficient (Wildman–Crippen LogP) is 2.51. The number of aromatic amines is 1. The minimum Gasteiger partial charge on any atom is -0.322 e. The summed E-state index contributed by atoms with van der Waals surface area (Å²) < 4.78 is 1.92. The largest absolute Gasteiger partial charge is 0.322 e. The fraction of sp³-hybridized carbons (Fsp3) is 0. The second-order valence-corrected chi connectivity index (χ2v) is 4.58. The second kappa shape index (κ2) is 4.50. The molecule has 0 atom stereocenters. The Balaban J connectivity index is 1.89. The molecule has 0 aliphatic carbocycles. The standard InChI is InChI=1S/C12H10N4OS/c17-12(15-9-7-13-14-8-9)11-10(3-6-18-11)16-4-1-2-5-16/h1-8H,(H,13,14)(H,15,17). The number of aromatic nitrogens is 3. The summed E-state index contributed by atoms with van der Waals surface area (Å²) in [6.45, 7) is 0. The molecule has 3 rings (SSSR count). The number of rotatable bonds is 3. The van der Waals surface area contributed by atoms with Crippen molar-refractivity contribution in [3.8, 4) is 5.69 Å². The van der Waals surface area contributed by atoms with E-state index >= 15 is 0 Å². The van der Waals surface area contributed by atoms with E-state index in [2.05, 4.69) is 15.5 Å². The normalized spacial score (nSPS) is 10.4. The molecule has 0 aliphatic rings. The summed E-state index contributed by atoms with van der Waals surface area (Å²) in [7, 11) is 0. The minimum absolute atomic E-state index is 0.130. The van der Waals surface area contributed by atoms with Gasteiger partial charge in [-0.05, 0) is 23.6 Å². The van der Waals surface area contributed by atoms with Gasteiger partial charge in [0.25, 0.3) is 5.91 Å². The summed E-state index contributed by atoms with van der Waals surface area (Å²) in [6, 6.07) is 5.78. The van der Waals surface area contributed by atoms with Gasteiger partial charge in [-0.2, -0.15) is 5.10 Å². The van der Waals surface area contributed by atoms with Crippen molar-refractivity contribution >= 4 is 22.9 Å². The number of amides is 1. The Hall–Kier alpha value is -2.34. The average Bonchev–Trinajstić information content (AvgIpc) is 3.11. The van der Waals surface area contributed by atoms with E-state index in [4.69, 9.17) is 0 Å². The summed E-state index contributed by atoms with van der Waals surface area (Å²) >= 11 is 1.41. The van der Waals surface area contributed by atoms with Crippen molar-refractivity contribution in [1.82, 2.24) is 14.8 Å². The topological polar surface area (TPSA) is 62.7 Å². The monoisotopic (exact) mass is 258 g/mol.